The van der Waals surface area contributed by atoms with Crippen LogP contribution in [0.3, 0.4) is 0 Å². The lowest BCUT2D eigenvalue weighted by Gasteiger charge is -2.41. The number of amides is 1. The number of carbonyl (C=O) groups is 2. The average Bonchev–Trinajstić information content (AvgIpc) is 1.01. The highest BCUT2D eigenvalue weighted by atomic mass is 16.7. The van der Waals surface area contributed by atoms with E-state index >= 15 is 0 Å². The summed E-state index contributed by atoms with van der Waals surface area (Å²) in [6, 6.07) is -1.02. The van der Waals surface area contributed by atoms with Crippen LogP contribution in [0, 0.1) is 0 Å². The van der Waals surface area contributed by atoms with Crippen LogP contribution >= 0.6 is 0 Å². The average molecular weight is 1290 g/mol. The van der Waals surface area contributed by atoms with Crippen molar-refractivity contribution in [3.05, 3.63) is 24.3 Å². The highest BCUT2D eigenvalue weighted by molar-refractivity contribution is 5.80. The number of aliphatic hydroxyl groups is 5. The quantitative estimate of drug-likeness (QED) is 0.0195. The van der Waals surface area contributed by atoms with Crippen molar-refractivity contribution in [2.24, 2.45) is 0 Å². The number of ether oxygens (including phenoxy) is 3. The first-order valence-corrected chi connectivity index (χ1v) is 40.1. The number of allylic oxidation sites excluding steroid dienone is 3. The largest absolute Gasteiger partial charge is 0.454 e. The minimum Gasteiger partial charge on any atom is -0.454 e. The van der Waals surface area contributed by atoms with E-state index in [1.807, 2.05) is 6.08 Å². The van der Waals surface area contributed by atoms with E-state index in [1.54, 1.807) is 6.08 Å². The van der Waals surface area contributed by atoms with Crippen molar-refractivity contribution in [1.82, 2.24) is 5.32 Å². The summed E-state index contributed by atoms with van der Waals surface area (Å²) in [6.45, 7) is 5.87. The van der Waals surface area contributed by atoms with Gasteiger partial charge in [-0.3, -0.25) is 9.59 Å². The smallest absolute Gasteiger partial charge is 0.306 e. The molecule has 11 heteroatoms. The predicted octanol–water partition coefficient (Wildman–Crippen LogP) is 21.5. The molecule has 0 saturated carbocycles. The van der Waals surface area contributed by atoms with Crippen LogP contribution in [0.1, 0.15) is 412 Å². The molecule has 1 heterocycles. The monoisotopic (exact) mass is 1290 g/mol. The maximum Gasteiger partial charge on any atom is 0.306 e. The van der Waals surface area contributed by atoms with Crippen molar-refractivity contribution in [3.8, 4) is 0 Å². The number of rotatable bonds is 71. The zero-order valence-corrected chi connectivity index (χ0v) is 60.3. The van der Waals surface area contributed by atoms with Gasteiger partial charge in [-0.05, 0) is 51.4 Å². The van der Waals surface area contributed by atoms with E-state index in [1.165, 1.54) is 308 Å². The Morgan fingerprint density at radius 3 is 1.07 bits per heavy atom. The molecule has 0 bridgehead atoms. The van der Waals surface area contributed by atoms with Crippen molar-refractivity contribution in [2.45, 2.75) is 461 Å². The molecule has 1 saturated heterocycles. The zero-order valence-electron chi connectivity index (χ0n) is 60.3. The lowest BCUT2D eigenvalue weighted by Crippen LogP contribution is -2.61. The molecule has 1 rings (SSSR count). The third kappa shape index (κ3) is 54.9. The van der Waals surface area contributed by atoms with Crippen LogP contribution in [0.2, 0.25) is 0 Å². The van der Waals surface area contributed by atoms with Crippen LogP contribution in [-0.4, -0.2) is 99.6 Å². The van der Waals surface area contributed by atoms with Crippen LogP contribution in [-0.2, 0) is 23.8 Å². The SMILES string of the molecule is CCCCCCCC/C=C/CCCCCCCCCCCCCCCC(=O)OC1C(OCC(NC(=O)C(O)CCCCCCCCCCCCCCCCCCCCCCCCCCCC)C(O)/C=C/CCCCCCCCCCCCC)OC(CO)C(O)C1O. The number of nitrogens with one attached hydrogen (secondary N) is 1. The standard InChI is InChI=1S/C80H153NO10/c1-4-7-10-13-16-19-22-25-27-29-31-33-35-36-37-39-40-42-44-46-49-52-55-58-61-64-67-73(84)79(88)81-71(72(83)66-63-60-57-54-51-48-24-21-18-15-12-9-6-3)70-89-80-78(77(87)76(86)74(69-82)90-80)91-75(85)68-65-62-59-56-53-50-47-45-43-41-38-34-32-30-28-26-23-20-17-14-11-8-5-2/h26,28,63,66,71-74,76-78,80,82-84,86-87H,4-25,27,29-62,64-65,67-70H2,1-3H3,(H,81,88)/b28-26+,66-63+. The molecule has 1 aliphatic rings. The normalized spacial score (nSPS) is 18.0. The van der Waals surface area contributed by atoms with Gasteiger partial charge in [-0.15, -0.1) is 0 Å². The summed E-state index contributed by atoms with van der Waals surface area (Å²) < 4.78 is 17.8. The Labute approximate surface area is 562 Å². The molecule has 8 atom stereocenters. The Hall–Kier alpha value is -1.86. The molecule has 91 heavy (non-hydrogen) atoms. The first kappa shape index (κ1) is 87.2. The van der Waals surface area contributed by atoms with Gasteiger partial charge in [0.05, 0.1) is 25.4 Å². The summed E-state index contributed by atoms with van der Waals surface area (Å²) in [5.41, 5.74) is 0. The summed E-state index contributed by atoms with van der Waals surface area (Å²) in [5.74, 6) is -1.17. The fraction of sp³-hybridized carbons (Fsp3) is 0.925. The van der Waals surface area contributed by atoms with Crippen LogP contribution in [0.5, 0.6) is 0 Å². The Balaban J connectivity index is 2.50. The van der Waals surface area contributed by atoms with E-state index in [2.05, 4.69) is 38.2 Å². The number of aliphatic hydroxyl groups excluding tert-OH is 5. The molecule has 11 nitrogen and oxygen atoms in total. The van der Waals surface area contributed by atoms with Crippen LogP contribution in [0.4, 0.5) is 0 Å². The van der Waals surface area contributed by atoms with Gasteiger partial charge in [-0.25, -0.2) is 0 Å². The molecule has 1 fully saturated rings. The minimum atomic E-state index is -1.61. The Bertz CT molecular complexity index is 1580. The summed E-state index contributed by atoms with van der Waals surface area (Å²) in [4.78, 5) is 26.8. The predicted molar refractivity (Wildman–Crippen MR) is 384 cm³/mol. The fourth-order valence-electron chi connectivity index (χ4n) is 13.1. The lowest BCUT2D eigenvalue weighted by atomic mass is 9.99. The molecule has 0 aromatic rings. The first-order chi connectivity index (χ1) is 44.7. The van der Waals surface area contributed by atoms with Gasteiger partial charge in [0.2, 0.25) is 5.91 Å². The molecule has 1 amide bonds. The van der Waals surface area contributed by atoms with Gasteiger partial charge in [0.1, 0.15) is 24.4 Å². The van der Waals surface area contributed by atoms with E-state index in [9.17, 15) is 35.1 Å². The first-order valence-electron chi connectivity index (χ1n) is 40.1. The summed E-state index contributed by atoms with van der Waals surface area (Å²) in [5, 5.41) is 57.5. The molecule has 0 aromatic carbocycles. The number of hydrogen-bond acceptors (Lipinski definition) is 10. The molecule has 1 aliphatic heterocycles. The second-order valence-electron chi connectivity index (χ2n) is 28.2. The van der Waals surface area contributed by atoms with Crippen molar-refractivity contribution in [2.75, 3.05) is 13.2 Å². The second kappa shape index (κ2) is 68.1. The third-order valence-corrected chi connectivity index (χ3v) is 19.4. The summed E-state index contributed by atoms with van der Waals surface area (Å²) in [7, 11) is 0. The zero-order chi connectivity index (χ0) is 66.0. The van der Waals surface area contributed by atoms with Gasteiger partial charge in [0, 0.05) is 6.42 Å². The van der Waals surface area contributed by atoms with Crippen LogP contribution < -0.4 is 5.32 Å². The van der Waals surface area contributed by atoms with Gasteiger partial charge in [0.15, 0.2) is 12.4 Å². The number of carbonyl (C=O) groups excluding carboxylic acids is 2. The van der Waals surface area contributed by atoms with Crippen molar-refractivity contribution >= 4 is 11.9 Å². The molecule has 0 aromatic heterocycles. The molecular weight excluding hydrogens is 1130 g/mol. The minimum absolute atomic E-state index is 0.129. The van der Waals surface area contributed by atoms with E-state index < -0.39 is 67.4 Å². The van der Waals surface area contributed by atoms with Crippen LogP contribution in [0.15, 0.2) is 24.3 Å². The Kier molecular flexibility index (Phi) is 65.2. The molecule has 6 N–H and O–H groups in total. The van der Waals surface area contributed by atoms with Crippen molar-refractivity contribution in [1.29, 1.82) is 0 Å². The molecule has 538 valence electrons. The van der Waals surface area contributed by atoms with E-state index in [0.29, 0.717) is 19.3 Å². The third-order valence-electron chi connectivity index (χ3n) is 19.4. The van der Waals surface area contributed by atoms with Gasteiger partial charge < -0.3 is 45.1 Å². The highest BCUT2D eigenvalue weighted by Crippen LogP contribution is 2.27. The van der Waals surface area contributed by atoms with Gasteiger partial charge in [0.25, 0.3) is 0 Å². The van der Waals surface area contributed by atoms with E-state index in [-0.39, 0.29) is 13.0 Å². The van der Waals surface area contributed by atoms with Gasteiger partial charge in [-0.2, -0.15) is 0 Å². The fourth-order valence-corrected chi connectivity index (χ4v) is 13.1. The summed E-state index contributed by atoms with van der Waals surface area (Å²) in [6.07, 6.45) is 73.8. The van der Waals surface area contributed by atoms with Crippen molar-refractivity contribution in [3.63, 3.8) is 0 Å². The van der Waals surface area contributed by atoms with Crippen LogP contribution in [0.25, 0.3) is 0 Å². The number of esters is 1. The molecule has 8 unspecified atom stereocenters. The van der Waals surface area contributed by atoms with Gasteiger partial charge in [-0.1, -0.05) is 379 Å². The van der Waals surface area contributed by atoms with Gasteiger partial charge >= 0.3 is 5.97 Å². The number of hydrogen-bond donors (Lipinski definition) is 6. The van der Waals surface area contributed by atoms with E-state index in [0.717, 1.165) is 57.8 Å². The topological polar surface area (TPSA) is 175 Å². The molecule has 0 radical (unpaired) electrons. The number of unbranched alkanes of at least 4 members (excludes halogenated alkanes) is 55. The maximum absolute atomic E-state index is 13.5. The molecular formula is C80H153NO10. The Morgan fingerprint density at radius 2 is 0.725 bits per heavy atom. The molecule has 0 aliphatic carbocycles. The summed E-state index contributed by atoms with van der Waals surface area (Å²) >= 11 is 0. The van der Waals surface area contributed by atoms with E-state index in [4.69, 9.17) is 14.2 Å². The highest BCUT2D eigenvalue weighted by Gasteiger charge is 2.47. The molecule has 0 spiro atoms. The second-order valence-corrected chi connectivity index (χ2v) is 28.2. The Morgan fingerprint density at radius 1 is 0.418 bits per heavy atom. The lowest BCUT2D eigenvalue weighted by molar-refractivity contribution is -0.305. The van der Waals surface area contributed by atoms with Crippen molar-refractivity contribution < 1.29 is 49.3 Å². The maximum atomic E-state index is 13.5.